The second-order valence-electron chi connectivity index (χ2n) is 6.59. The van der Waals surface area contributed by atoms with Gasteiger partial charge in [-0.15, -0.1) is 0 Å². The number of amides is 1. The van der Waals surface area contributed by atoms with Crippen molar-refractivity contribution in [1.29, 1.82) is 0 Å². The lowest BCUT2D eigenvalue weighted by molar-refractivity contribution is 0.0950. The van der Waals surface area contributed by atoms with E-state index < -0.39 is 0 Å². The molecule has 1 amide bonds. The highest BCUT2D eigenvalue weighted by Crippen LogP contribution is 2.24. The minimum atomic E-state index is -0.367. The van der Waals surface area contributed by atoms with E-state index in [-0.39, 0.29) is 5.91 Å². The first-order valence-electron chi connectivity index (χ1n) is 9.41. The molecular weight excluding hydrogens is 376 g/mol. The number of hydrogen-bond acceptors (Lipinski definition) is 4. The second kappa shape index (κ2) is 8.87. The van der Waals surface area contributed by atoms with Crippen molar-refractivity contribution in [3.63, 3.8) is 0 Å². The van der Waals surface area contributed by atoms with E-state index in [4.69, 9.17) is 4.74 Å². The third-order valence-corrected chi connectivity index (χ3v) is 4.58. The maximum Gasteiger partial charge on any atom is 0.289 e. The number of H-pyrrole nitrogens is 1. The van der Waals surface area contributed by atoms with Crippen molar-refractivity contribution < 1.29 is 9.53 Å². The Morgan fingerprint density at radius 1 is 0.933 bits per heavy atom. The number of aromatic nitrogens is 2. The monoisotopic (exact) mass is 396 g/mol. The largest absolute Gasteiger partial charge is 0.497 e. The average Bonchev–Trinajstić information content (AvgIpc) is 3.30. The fourth-order valence-corrected chi connectivity index (χ4v) is 3.00. The van der Waals surface area contributed by atoms with Crippen LogP contribution in [0.5, 0.6) is 5.75 Å². The molecule has 0 radical (unpaired) electrons. The molecule has 0 bridgehead atoms. The summed E-state index contributed by atoms with van der Waals surface area (Å²) < 4.78 is 5.17. The smallest absolute Gasteiger partial charge is 0.289 e. The molecule has 148 valence electrons. The Hall–Kier alpha value is -4.19. The molecule has 0 aliphatic heterocycles. The molecule has 0 aliphatic rings. The van der Waals surface area contributed by atoms with Crippen LogP contribution >= 0.6 is 0 Å². The zero-order valence-electron chi connectivity index (χ0n) is 16.4. The molecule has 0 atom stereocenters. The average molecular weight is 396 g/mol. The highest BCUT2D eigenvalue weighted by molar-refractivity contribution is 5.94. The van der Waals surface area contributed by atoms with Gasteiger partial charge in [0.05, 0.1) is 19.0 Å². The summed E-state index contributed by atoms with van der Waals surface area (Å²) in [5.41, 5.74) is 7.54. The third-order valence-electron chi connectivity index (χ3n) is 4.58. The summed E-state index contributed by atoms with van der Waals surface area (Å²) in [4.78, 5) is 12.3. The summed E-state index contributed by atoms with van der Waals surface area (Å²) >= 11 is 0. The first-order chi connectivity index (χ1) is 14.7. The Kier molecular flexibility index (Phi) is 5.66. The van der Waals surface area contributed by atoms with Crippen LogP contribution in [-0.2, 0) is 0 Å². The van der Waals surface area contributed by atoms with Crippen molar-refractivity contribution in [2.24, 2.45) is 5.10 Å². The SMILES string of the molecule is COc1cccc(/C=N\NC(=O)c2cc(-c3ccc(-c4ccccc4)cc3)n[nH]2)c1. The first kappa shape index (κ1) is 19.1. The van der Waals surface area contributed by atoms with E-state index in [9.17, 15) is 4.79 Å². The summed E-state index contributed by atoms with van der Waals surface area (Å²) in [6, 6.07) is 27.3. The molecule has 1 aromatic heterocycles. The maximum absolute atomic E-state index is 12.3. The van der Waals surface area contributed by atoms with Crippen LogP contribution in [0.15, 0.2) is 90.0 Å². The normalized spacial score (nSPS) is 10.8. The van der Waals surface area contributed by atoms with Crippen molar-refractivity contribution >= 4 is 12.1 Å². The number of rotatable bonds is 6. The fourth-order valence-electron chi connectivity index (χ4n) is 3.00. The van der Waals surface area contributed by atoms with Gasteiger partial charge in [-0.05, 0) is 34.9 Å². The van der Waals surface area contributed by atoms with Crippen molar-refractivity contribution in [2.75, 3.05) is 7.11 Å². The highest BCUT2D eigenvalue weighted by atomic mass is 16.5. The molecule has 4 aromatic rings. The summed E-state index contributed by atoms with van der Waals surface area (Å²) in [7, 11) is 1.60. The Bertz CT molecular complexity index is 1170. The molecule has 1 heterocycles. The zero-order valence-corrected chi connectivity index (χ0v) is 16.4. The number of carbonyl (C=O) groups is 1. The molecule has 30 heavy (non-hydrogen) atoms. The Labute approximate surface area is 174 Å². The van der Waals surface area contributed by atoms with Gasteiger partial charge in [0.2, 0.25) is 0 Å². The number of aromatic amines is 1. The number of hydrazone groups is 1. The first-order valence-corrected chi connectivity index (χ1v) is 9.41. The molecular formula is C24H20N4O2. The number of hydrogen-bond donors (Lipinski definition) is 2. The van der Waals surface area contributed by atoms with Crippen LogP contribution in [0.4, 0.5) is 0 Å². The number of nitrogens with one attached hydrogen (secondary N) is 2. The van der Waals surface area contributed by atoms with Crippen LogP contribution in [0, 0.1) is 0 Å². The summed E-state index contributed by atoms with van der Waals surface area (Å²) in [6.07, 6.45) is 1.56. The van der Waals surface area contributed by atoms with Gasteiger partial charge in [0.15, 0.2) is 0 Å². The molecule has 0 saturated heterocycles. The predicted molar refractivity (Wildman–Crippen MR) is 118 cm³/mol. The minimum absolute atomic E-state index is 0.333. The van der Waals surface area contributed by atoms with Crippen LogP contribution in [0.25, 0.3) is 22.4 Å². The van der Waals surface area contributed by atoms with E-state index in [1.54, 1.807) is 19.4 Å². The van der Waals surface area contributed by atoms with E-state index >= 15 is 0 Å². The fraction of sp³-hybridized carbons (Fsp3) is 0.0417. The van der Waals surface area contributed by atoms with Gasteiger partial charge in [0.1, 0.15) is 11.4 Å². The van der Waals surface area contributed by atoms with Gasteiger partial charge in [-0.3, -0.25) is 9.89 Å². The van der Waals surface area contributed by atoms with Gasteiger partial charge < -0.3 is 4.74 Å². The lowest BCUT2D eigenvalue weighted by Gasteiger charge is -2.02. The maximum atomic E-state index is 12.3. The number of carbonyl (C=O) groups excluding carboxylic acids is 1. The van der Waals surface area contributed by atoms with Crippen LogP contribution in [0.2, 0.25) is 0 Å². The molecule has 6 heteroatoms. The van der Waals surface area contributed by atoms with Crippen molar-refractivity contribution in [2.45, 2.75) is 0 Å². The second-order valence-corrected chi connectivity index (χ2v) is 6.59. The number of benzene rings is 3. The van der Waals surface area contributed by atoms with Crippen LogP contribution < -0.4 is 10.2 Å². The van der Waals surface area contributed by atoms with E-state index in [0.717, 1.165) is 28.0 Å². The molecule has 0 spiro atoms. The van der Waals surface area contributed by atoms with Crippen molar-refractivity contribution in [3.8, 4) is 28.1 Å². The molecule has 4 rings (SSSR count). The summed E-state index contributed by atoms with van der Waals surface area (Å²) in [6.45, 7) is 0. The molecule has 3 aromatic carbocycles. The van der Waals surface area contributed by atoms with Gasteiger partial charge in [-0.1, -0.05) is 66.7 Å². The molecule has 0 saturated carbocycles. The van der Waals surface area contributed by atoms with E-state index in [2.05, 4.69) is 32.9 Å². The molecule has 2 N–H and O–H groups in total. The van der Waals surface area contributed by atoms with Crippen LogP contribution in [-0.4, -0.2) is 29.4 Å². The molecule has 0 unspecified atom stereocenters. The Morgan fingerprint density at radius 2 is 1.67 bits per heavy atom. The Morgan fingerprint density at radius 3 is 2.43 bits per heavy atom. The van der Waals surface area contributed by atoms with Gasteiger partial charge in [-0.2, -0.15) is 10.2 Å². The standard InChI is InChI=1S/C24H20N4O2/c1-30-21-9-5-6-17(14-21)16-25-28-24(29)23-15-22(26-27-23)20-12-10-19(11-13-20)18-7-3-2-4-8-18/h2-16H,1H3,(H,26,27)(H,28,29)/b25-16-. The van der Waals surface area contributed by atoms with Gasteiger partial charge in [0.25, 0.3) is 5.91 Å². The van der Waals surface area contributed by atoms with Crippen LogP contribution in [0.3, 0.4) is 0 Å². The number of nitrogens with zero attached hydrogens (tertiary/aromatic N) is 2. The molecule has 6 nitrogen and oxygen atoms in total. The van der Waals surface area contributed by atoms with Crippen molar-refractivity contribution in [1.82, 2.24) is 15.6 Å². The van der Waals surface area contributed by atoms with E-state index in [1.807, 2.05) is 66.7 Å². The Balaban J connectivity index is 1.42. The topological polar surface area (TPSA) is 79.4 Å². The minimum Gasteiger partial charge on any atom is -0.497 e. The van der Waals surface area contributed by atoms with Gasteiger partial charge in [0, 0.05) is 5.56 Å². The number of ether oxygens (including phenoxy) is 1. The molecule has 0 aliphatic carbocycles. The van der Waals surface area contributed by atoms with Crippen LogP contribution in [0.1, 0.15) is 16.1 Å². The van der Waals surface area contributed by atoms with Gasteiger partial charge in [-0.25, -0.2) is 5.43 Å². The third kappa shape index (κ3) is 4.44. The predicted octanol–water partition coefficient (Wildman–Crippen LogP) is 4.52. The van der Waals surface area contributed by atoms with Gasteiger partial charge >= 0.3 is 0 Å². The number of methoxy groups -OCH3 is 1. The highest BCUT2D eigenvalue weighted by Gasteiger charge is 2.10. The summed E-state index contributed by atoms with van der Waals surface area (Å²) in [5, 5.41) is 11.0. The van der Waals surface area contributed by atoms with E-state index in [0.29, 0.717) is 11.4 Å². The molecule has 0 fully saturated rings. The lowest BCUT2D eigenvalue weighted by atomic mass is 10.0. The zero-order chi connectivity index (χ0) is 20.8. The summed E-state index contributed by atoms with van der Waals surface area (Å²) in [5.74, 6) is 0.357. The van der Waals surface area contributed by atoms with E-state index in [1.165, 1.54) is 0 Å². The lowest BCUT2D eigenvalue weighted by Crippen LogP contribution is -2.18. The quantitative estimate of drug-likeness (QED) is 0.372. The van der Waals surface area contributed by atoms with Crippen molar-refractivity contribution in [3.05, 3.63) is 96.2 Å².